The quantitative estimate of drug-likeness (QED) is 0.843. The molecule has 5 nitrogen and oxygen atoms in total. The Bertz CT molecular complexity index is 497. The van der Waals surface area contributed by atoms with Crippen molar-refractivity contribution in [1.82, 2.24) is 14.8 Å². The van der Waals surface area contributed by atoms with Crippen molar-refractivity contribution in [2.75, 3.05) is 12.8 Å². The van der Waals surface area contributed by atoms with E-state index in [2.05, 4.69) is 10.1 Å². The monoisotopic (exact) mass is 222 g/mol. The molecule has 0 saturated carbocycles. The van der Waals surface area contributed by atoms with Crippen LogP contribution in [0.4, 0.5) is 10.3 Å². The van der Waals surface area contributed by atoms with Crippen LogP contribution in [-0.2, 0) is 6.54 Å². The summed E-state index contributed by atoms with van der Waals surface area (Å²) in [6, 6.07) is 4.74. The number of nitrogens with zero attached hydrogens (tertiary/aromatic N) is 3. The first-order valence-electron chi connectivity index (χ1n) is 4.66. The summed E-state index contributed by atoms with van der Waals surface area (Å²) in [6.45, 7) is 0.422. The average molecular weight is 222 g/mol. The SMILES string of the molecule is COc1ccc(Cn2cnc(N)n2)cc1F. The van der Waals surface area contributed by atoms with E-state index in [1.54, 1.807) is 12.1 Å². The fourth-order valence-corrected chi connectivity index (χ4v) is 1.38. The van der Waals surface area contributed by atoms with Gasteiger partial charge in [0, 0.05) is 0 Å². The molecule has 0 aliphatic rings. The smallest absolute Gasteiger partial charge is 0.239 e. The summed E-state index contributed by atoms with van der Waals surface area (Å²) in [5.41, 5.74) is 6.14. The number of rotatable bonds is 3. The summed E-state index contributed by atoms with van der Waals surface area (Å²) >= 11 is 0. The zero-order valence-electron chi connectivity index (χ0n) is 8.72. The highest BCUT2D eigenvalue weighted by Gasteiger charge is 2.04. The molecule has 0 radical (unpaired) electrons. The Balaban J connectivity index is 2.19. The number of ether oxygens (including phenoxy) is 1. The molecule has 2 N–H and O–H groups in total. The van der Waals surface area contributed by atoms with Crippen LogP contribution >= 0.6 is 0 Å². The zero-order chi connectivity index (χ0) is 11.5. The molecule has 0 atom stereocenters. The lowest BCUT2D eigenvalue weighted by Crippen LogP contribution is -2.02. The van der Waals surface area contributed by atoms with E-state index in [0.717, 1.165) is 5.56 Å². The van der Waals surface area contributed by atoms with Gasteiger partial charge in [-0.15, -0.1) is 5.10 Å². The summed E-state index contributed by atoms with van der Waals surface area (Å²) in [5.74, 6) is 0.0314. The fraction of sp³-hybridized carbons (Fsp3) is 0.200. The molecule has 0 aliphatic carbocycles. The summed E-state index contributed by atoms with van der Waals surface area (Å²) in [4.78, 5) is 3.78. The van der Waals surface area contributed by atoms with Crippen molar-refractivity contribution in [3.8, 4) is 5.75 Å². The lowest BCUT2D eigenvalue weighted by Gasteiger charge is -2.04. The average Bonchev–Trinajstić information content (AvgIpc) is 2.64. The Hall–Kier alpha value is -2.11. The van der Waals surface area contributed by atoms with Crippen LogP contribution in [0, 0.1) is 5.82 Å². The molecule has 1 heterocycles. The van der Waals surface area contributed by atoms with Crippen molar-refractivity contribution >= 4 is 5.95 Å². The van der Waals surface area contributed by atoms with Gasteiger partial charge in [-0.1, -0.05) is 6.07 Å². The fourth-order valence-electron chi connectivity index (χ4n) is 1.38. The lowest BCUT2D eigenvalue weighted by molar-refractivity contribution is 0.386. The molecule has 2 aromatic rings. The van der Waals surface area contributed by atoms with E-state index in [0.29, 0.717) is 6.54 Å². The van der Waals surface area contributed by atoms with Crippen molar-refractivity contribution in [2.45, 2.75) is 6.54 Å². The van der Waals surface area contributed by atoms with Crippen LogP contribution in [0.3, 0.4) is 0 Å². The summed E-state index contributed by atoms with van der Waals surface area (Å²) in [5, 5.41) is 3.91. The second-order valence-electron chi connectivity index (χ2n) is 3.27. The lowest BCUT2D eigenvalue weighted by atomic mass is 10.2. The first kappa shape index (κ1) is 10.4. The van der Waals surface area contributed by atoms with E-state index < -0.39 is 5.82 Å². The van der Waals surface area contributed by atoms with Crippen LogP contribution in [-0.4, -0.2) is 21.9 Å². The Morgan fingerprint density at radius 1 is 1.50 bits per heavy atom. The number of hydrogen-bond acceptors (Lipinski definition) is 4. The molecular formula is C10H11FN4O. The first-order chi connectivity index (χ1) is 7.69. The van der Waals surface area contributed by atoms with Gasteiger partial charge in [0.25, 0.3) is 0 Å². The molecule has 0 fully saturated rings. The van der Waals surface area contributed by atoms with Crippen molar-refractivity contribution in [3.63, 3.8) is 0 Å². The maximum atomic E-state index is 13.4. The maximum Gasteiger partial charge on any atom is 0.239 e. The van der Waals surface area contributed by atoms with E-state index in [1.165, 1.54) is 24.2 Å². The van der Waals surface area contributed by atoms with Gasteiger partial charge < -0.3 is 10.5 Å². The minimum absolute atomic E-state index is 0.203. The molecule has 84 valence electrons. The van der Waals surface area contributed by atoms with Crippen molar-refractivity contribution in [3.05, 3.63) is 35.9 Å². The molecular weight excluding hydrogens is 211 g/mol. The molecule has 1 aromatic carbocycles. The Kier molecular flexibility index (Phi) is 2.72. The molecule has 6 heteroatoms. The van der Waals surface area contributed by atoms with Crippen LogP contribution in [0.1, 0.15) is 5.56 Å². The molecule has 2 rings (SSSR count). The number of nitrogens with two attached hydrogens (primary N) is 1. The molecule has 0 spiro atoms. The van der Waals surface area contributed by atoms with Crippen LogP contribution in [0.25, 0.3) is 0 Å². The standard InChI is InChI=1S/C10H11FN4O/c1-16-9-3-2-7(4-8(9)11)5-15-6-13-10(12)14-15/h2-4,6H,5H2,1H3,(H2,12,14). The molecule has 0 bridgehead atoms. The first-order valence-corrected chi connectivity index (χ1v) is 4.66. The van der Waals surface area contributed by atoms with E-state index in [-0.39, 0.29) is 11.7 Å². The van der Waals surface area contributed by atoms with Gasteiger partial charge in [0.05, 0.1) is 13.7 Å². The van der Waals surface area contributed by atoms with Crippen molar-refractivity contribution in [2.24, 2.45) is 0 Å². The van der Waals surface area contributed by atoms with E-state index in [9.17, 15) is 4.39 Å². The van der Waals surface area contributed by atoms with Crippen molar-refractivity contribution < 1.29 is 9.13 Å². The van der Waals surface area contributed by atoms with E-state index in [4.69, 9.17) is 10.5 Å². The molecule has 0 amide bonds. The predicted octanol–water partition coefficient (Wildman–Crippen LogP) is 1.06. The van der Waals surface area contributed by atoms with Crippen molar-refractivity contribution in [1.29, 1.82) is 0 Å². The van der Waals surface area contributed by atoms with Gasteiger partial charge in [0.15, 0.2) is 11.6 Å². The van der Waals surface area contributed by atoms with Crippen LogP contribution in [0.15, 0.2) is 24.5 Å². The van der Waals surface area contributed by atoms with Crippen LogP contribution in [0.5, 0.6) is 5.75 Å². The van der Waals surface area contributed by atoms with Crippen LogP contribution in [0.2, 0.25) is 0 Å². The minimum Gasteiger partial charge on any atom is -0.494 e. The Morgan fingerprint density at radius 2 is 2.31 bits per heavy atom. The van der Waals surface area contributed by atoms with Gasteiger partial charge in [-0.2, -0.15) is 0 Å². The minimum atomic E-state index is -0.395. The molecule has 16 heavy (non-hydrogen) atoms. The number of anilines is 1. The van der Waals surface area contributed by atoms with E-state index in [1.807, 2.05) is 0 Å². The molecule has 0 unspecified atom stereocenters. The maximum absolute atomic E-state index is 13.4. The third kappa shape index (κ3) is 2.10. The predicted molar refractivity (Wildman–Crippen MR) is 56.5 cm³/mol. The summed E-state index contributed by atoms with van der Waals surface area (Å²) in [6.07, 6.45) is 1.50. The zero-order valence-corrected chi connectivity index (χ0v) is 8.72. The Labute approximate surface area is 91.7 Å². The molecule has 0 saturated heterocycles. The summed E-state index contributed by atoms with van der Waals surface area (Å²) < 4.78 is 19.7. The second kappa shape index (κ2) is 4.18. The summed E-state index contributed by atoms with van der Waals surface area (Å²) in [7, 11) is 1.43. The highest BCUT2D eigenvalue weighted by atomic mass is 19.1. The number of aromatic nitrogens is 3. The third-order valence-electron chi connectivity index (χ3n) is 2.11. The van der Waals surface area contributed by atoms with Gasteiger partial charge in [-0.05, 0) is 17.7 Å². The number of halogens is 1. The van der Waals surface area contributed by atoms with Gasteiger partial charge in [0.2, 0.25) is 5.95 Å². The highest BCUT2D eigenvalue weighted by Crippen LogP contribution is 2.18. The molecule has 0 aliphatic heterocycles. The topological polar surface area (TPSA) is 66.0 Å². The number of methoxy groups -OCH3 is 1. The van der Waals surface area contributed by atoms with Gasteiger partial charge in [-0.25, -0.2) is 14.1 Å². The normalized spacial score (nSPS) is 10.4. The highest BCUT2D eigenvalue weighted by molar-refractivity contribution is 5.29. The van der Waals surface area contributed by atoms with Gasteiger partial charge in [0.1, 0.15) is 6.33 Å². The number of nitrogen functional groups attached to an aromatic ring is 1. The third-order valence-corrected chi connectivity index (χ3v) is 2.11. The second-order valence-corrected chi connectivity index (χ2v) is 3.27. The largest absolute Gasteiger partial charge is 0.494 e. The van der Waals surface area contributed by atoms with E-state index >= 15 is 0 Å². The number of hydrogen-bond donors (Lipinski definition) is 1. The molecule has 1 aromatic heterocycles. The number of benzene rings is 1. The Morgan fingerprint density at radius 3 is 2.88 bits per heavy atom. The van der Waals surface area contributed by atoms with Gasteiger partial charge in [-0.3, -0.25) is 0 Å². The van der Waals surface area contributed by atoms with Gasteiger partial charge >= 0.3 is 0 Å². The van der Waals surface area contributed by atoms with Crippen LogP contribution < -0.4 is 10.5 Å².